The van der Waals surface area contributed by atoms with Crippen molar-refractivity contribution in [3.05, 3.63) is 0 Å². The summed E-state index contributed by atoms with van der Waals surface area (Å²) in [5.41, 5.74) is 2.23. The molecule has 2 aliphatic heterocycles. The van der Waals surface area contributed by atoms with Crippen LogP contribution in [0.2, 0.25) is 0 Å². The van der Waals surface area contributed by atoms with Crippen LogP contribution in [0, 0.1) is 0 Å². The number of sulfonamides is 2. The topological polar surface area (TPSA) is 122 Å². The fourth-order valence-corrected chi connectivity index (χ4v) is 5.71. The smallest absolute Gasteiger partial charge is 0.263 e. The van der Waals surface area contributed by atoms with Crippen molar-refractivity contribution in [2.45, 2.75) is 38.0 Å². The van der Waals surface area contributed by atoms with Gasteiger partial charge in [0.15, 0.2) is 6.29 Å². The maximum Gasteiger partial charge on any atom is 0.263 e. The van der Waals surface area contributed by atoms with Crippen molar-refractivity contribution < 1.29 is 31.2 Å². The second kappa shape index (κ2) is 9.81. The van der Waals surface area contributed by atoms with Crippen molar-refractivity contribution in [3.63, 3.8) is 0 Å². The fraction of sp³-hybridized carbons (Fsp3) is 0.929. The van der Waals surface area contributed by atoms with E-state index in [4.69, 9.17) is 21.2 Å². The van der Waals surface area contributed by atoms with Gasteiger partial charge in [0.25, 0.3) is 5.91 Å². The zero-order valence-electron chi connectivity index (χ0n) is 15.2. The molecule has 0 saturated carbocycles. The molecule has 2 atom stereocenters. The Balaban J connectivity index is 2.11. The number of carbonyl (C=O) groups excluding carboxylic acids is 1. The van der Waals surface area contributed by atoms with E-state index in [1.165, 1.54) is 0 Å². The van der Waals surface area contributed by atoms with Crippen LogP contribution in [0.5, 0.6) is 0 Å². The van der Waals surface area contributed by atoms with Crippen LogP contribution in [0.1, 0.15) is 25.7 Å². The number of hydroxylamine groups is 1. The van der Waals surface area contributed by atoms with Crippen LogP contribution < -0.4 is 5.48 Å². The van der Waals surface area contributed by atoms with Crippen LogP contribution in [0.15, 0.2) is 0 Å². The van der Waals surface area contributed by atoms with Gasteiger partial charge in [-0.1, -0.05) is 0 Å². The predicted molar refractivity (Wildman–Crippen MR) is 98.9 cm³/mol. The SMILES string of the molecule is CS(=O)(=O)N1CCN(S(=O)(=O)CCCCl)C(C(=O)NOC2CCCCO2)C1. The fourth-order valence-electron chi connectivity index (χ4n) is 2.94. The van der Waals surface area contributed by atoms with Crippen molar-refractivity contribution >= 4 is 37.6 Å². The lowest BCUT2D eigenvalue weighted by Crippen LogP contribution is -2.61. The van der Waals surface area contributed by atoms with Crippen LogP contribution in [0.3, 0.4) is 0 Å². The normalized spacial score (nSPS) is 26.0. The molecule has 2 aliphatic rings. The molecule has 0 aromatic rings. The third-order valence-corrected chi connectivity index (χ3v) is 7.88. The van der Waals surface area contributed by atoms with Gasteiger partial charge in [0.1, 0.15) is 6.04 Å². The van der Waals surface area contributed by atoms with E-state index < -0.39 is 38.3 Å². The highest BCUT2D eigenvalue weighted by Gasteiger charge is 2.41. The van der Waals surface area contributed by atoms with E-state index in [-0.39, 0.29) is 37.7 Å². The first kappa shape index (κ1) is 22.8. The number of alkyl halides is 1. The molecule has 158 valence electrons. The van der Waals surface area contributed by atoms with Gasteiger partial charge >= 0.3 is 0 Å². The van der Waals surface area contributed by atoms with Gasteiger partial charge in [-0.15, -0.1) is 11.6 Å². The van der Waals surface area contributed by atoms with Gasteiger partial charge in [-0.25, -0.2) is 27.2 Å². The molecular formula is C14H26ClN3O7S2. The molecule has 0 bridgehead atoms. The number of hydrogen-bond donors (Lipinski definition) is 1. The van der Waals surface area contributed by atoms with Gasteiger partial charge in [-0.2, -0.15) is 8.61 Å². The van der Waals surface area contributed by atoms with Crippen molar-refractivity contribution in [2.75, 3.05) is 44.1 Å². The summed E-state index contributed by atoms with van der Waals surface area (Å²) in [6.07, 6.45) is 3.07. The Morgan fingerprint density at radius 1 is 1.26 bits per heavy atom. The number of ether oxygens (including phenoxy) is 1. The molecule has 2 heterocycles. The summed E-state index contributed by atoms with van der Waals surface area (Å²) in [4.78, 5) is 17.8. The molecule has 1 amide bonds. The average molecular weight is 448 g/mol. The summed E-state index contributed by atoms with van der Waals surface area (Å²) in [7, 11) is -7.34. The third kappa shape index (κ3) is 6.51. The third-order valence-electron chi connectivity index (χ3n) is 4.39. The molecule has 2 unspecified atom stereocenters. The molecule has 1 N–H and O–H groups in total. The van der Waals surface area contributed by atoms with Crippen molar-refractivity contribution in [1.82, 2.24) is 14.1 Å². The molecular weight excluding hydrogens is 422 g/mol. The highest BCUT2D eigenvalue weighted by Crippen LogP contribution is 2.19. The zero-order chi connectivity index (χ0) is 20.1. The van der Waals surface area contributed by atoms with E-state index in [2.05, 4.69) is 5.48 Å². The molecule has 27 heavy (non-hydrogen) atoms. The Kier molecular flexibility index (Phi) is 8.28. The van der Waals surface area contributed by atoms with Crippen molar-refractivity contribution in [2.24, 2.45) is 0 Å². The first-order valence-corrected chi connectivity index (χ1v) is 12.7. The largest absolute Gasteiger partial charge is 0.350 e. The Bertz CT molecular complexity index is 710. The first-order valence-electron chi connectivity index (χ1n) is 8.73. The summed E-state index contributed by atoms with van der Waals surface area (Å²) >= 11 is 5.58. The van der Waals surface area contributed by atoms with Crippen LogP contribution >= 0.6 is 11.6 Å². The minimum atomic E-state index is -3.77. The van der Waals surface area contributed by atoms with Gasteiger partial charge in [0, 0.05) is 38.5 Å². The highest BCUT2D eigenvalue weighted by molar-refractivity contribution is 7.89. The minimum Gasteiger partial charge on any atom is -0.350 e. The molecule has 2 rings (SSSR count). The number of nitrogens with zero attached hydrogens (tertiary/aromatic N) is 2. The maximum atomic E-state index is 12.6. The van der Waals surface area contributed by atoms with Crippen LogP contribution in [0.4, 0.5) is 0 Å². The first-order chi connectivity index (χ1) is 12.6. The molecule has 0 aliphatic carbocycles. The molecule has 0 aromatic carbocycles. The summed E-state index contributed by atoms with van der Waals surface area (Å²) < 4.78 is 56.3. The van der Waals surface area contributed by atoms with E-state index in [0.717, 1.165) is 27.7 Å². The van der Waals surface area contributed by atoms with Crippen LogP contribution in [-0.4, -0.2) is 87.8 Å². The van der Waals surface area contributed by atoms with Gasteiger partial charge < -0.3 is 4.74 Å². The number of piperazine rings is 1. The Hall–Kier alpha value is -0.500. The van der Waals surface area contributed by atoms with E-state index in [0.29, 0.717) is 13.0 Å². The molecule has 2 fully saturated rings. The summed E-state index contributed by atoms with van der Waals surface area (Å²) in [5.74, 6) is -0.778. The van der Waals surface area contributed by atoms with Crippen molar-refractivity contribution in [1.29, 1.82) is 0 Å². The molecule has 0 aromatic heterocycles. The van der Waals surface area contributed by atoms with Gasteiger partial charge in [-0.3, -0.25) is 4.79 Å². The lowest BCUT2D eigenvalue weighted by molar-refractivity contribution is -0.202. The van der Waals surface area contributed by atoms with E-state index in [9.17, 15) is 21.6 Å². The number of rotatable bonds is 8. The van der Waals surface area contributed by atoms with Gasteiger partial charge in [-0.05, 0) is 19.3 Å². The Morgan fingerprint density at radius 3 is 2.59 bits per heavy atom. The second-order valence-electron chi connectivity index (χ2n) is 6.49. The number of nitrogens with one attached hydrogen (secondary N) is 1. The van der Waals surface area contributed by atoms with E-state index in [1.54, 1.807) is 0 Å². The van der Waals surface area contributed by atoms with Gasteiger partial charge in [0.05, 0.1) is 12.0 Å². The summed E-state index contributed by atoms with van der Waals surface area (Å²) in [6.45, 7) is 0.107. The Morgan fingerprint density at radius 2 is 2.00 bits per heavy atom. The summed E-state index contributed by atoms with van der Waals surface area (Å²) in [6, 6.07) is -1.22. The van der Waals surface area contributed by atoms with Crippen LogP contribution in [-0.2, 0) is 34.4 Å². The monoisotopic (exact) mass is 447 g/mol. The predicted octanol–water partition coefficient (Wildman–Crippen LogP) is -0.535. The molecule has 2 saturated heterocycles. The molecule has 10 nitrogen and oxygen atoms in total. The van der Waals surface area contributed by atoms with E-state index >= 15 is 0 Å². The number of amides is 1. The standard InChI is InChI=1S/C14H26ClN3O7S2/c1-26(20,21)17-7-8-18(27(22,23)10-4-6-15)12(11-17)14(19)16-25-13-5-2-3-9-24-13/h12-13H,2-11H2,1H3,(H,16,19). The van der Waals surface area contributed by atoms with E-state index in [1.807, 2.05) is 0 Å². The van der Waals surface area contributed by atoms with Gasteiger partial charge in [0.2, 0.25) is 20.0 Å². The zero-order valence-corrected chi connectivity index (χ0v) is 17.6. The molecule has 0 radical (unpaired) electrons. The number of hydrogen-bond acceptors (Lipinski definition) is 7. The Labute approximate surface area is 165 Å². The van der Waals surface area contributed by atoms with Crippen LogP contribution in [0.25, 0.3) is 0 Å². The van der Waals surface area contributed by atoms with Crippen molar-refractivity contribution in [3.8, 4) is 0 Å². The lowest BCUT2D eigenvalue weighted by atomic mass is 10.2. The molecule has 0 spiro atoms. The maximum absolute atomic E-state index is 12.6. The minimum absolute atomic E-state index is 0.0185. The lowest BCUT2D eigenvalue weighted by Gasteiger charge is -2.38. The highest BCUT2D eigenvalue weighted by atomic mass is 35.5. The molecule has 13 heteroatoms. The number of halogens is 1. The average Bonchev–Trinajstić information content (AvgIpc) is 2.64. The second-order valence-corrected chi connectivity index (χ2v) is 10.9. The summed E-state index contributed by atoms with van der Waals surface area (Å²) in [5, 5.41) is 0. The quantitative estimate of drug-likeness (QED) is 0.391. The number of carbonyl (C=O) groups is 1.